The van der Waals surface area contributed by atoms with Crippen LogP contribution >= 0.6 is 11.8 Å². The van der Waals surface area contributed by atoms with Crippen molar-refractivity contribution in [1.82, 2.24) is 4.98 Å². The first kappa shape index (κ1) is 20.6. The average Bonchev–Trinajstić information content (AvgIpc) is 2.74. The van der Waals surface area contributed by atoms with E-state index >= 15 is 0 Å². The number of amides is 2. The van der Waals surface area contributed by atoms with E-state index < -0.39 is 17.8 Å². The van der Waals surface area contributed by atoms with Gasteiger partial charge in [-0.05, 0) is 49.2 Å². The number of hydrogen-bond acceptors (Lipinski definition) is 5. The number of hydrogen-bond donors (Lipinski definition) is 3. The highest BCUT2D eigenvalue weighted by atomic mass is 32.2. The van der Waals surface area contributed by atoms with E-state index in [2.05, 4.69) is 15.6 Å². The van der Waals surface area contributed by atoms with Crippen LogP contribution in [0.3, 0.4) is 0 Å². The van der Waals surface area contributed by atoms with E-state index in [1.54, 1.807) is 42.6 Å². The highest BCUT2D eigenvalue weighted by molar-refractivity contribution is 8.00. The van der Waals surface area contributed by atoms with Crippen LogP contribution in [0.1, 0.15) is 12.8 Å². The van der Waals surface area contributed by atoms with Crippen molar-refractivity contribution >= 4 is 41.1 Å². The first-order valence-corrected chi connectivity index (χ1v) is 10.1. The van der Waals surface area contributed by atoms with Crippen LogP contribution in [0.25, 0.3) is 0 Å². The maximum Gasteiger partial charge on any atom is 0.307 e. The van der Waals surface area contributed by atoms with E-state index in [0.717, 1.165) is 4.90 Å². The molecule has 0 aliphatic heterocycles. The van der Waals surface area contributed by atoms with Crippen LogP contribution in [-0.4, -0.2) is 33.6 Å². The Morgan fingerprint density at radius 3 is 2.38 bits per heavy atom. The largest absolute Gasteiger partial charge is 0.481 e. The van der Waals surface area contributed by atoms with E-state index in [-0.39, 0.29) is 17.6 Å². The number of thioether (sulfide) groups is 1. The van der Waals surface area contributed by atoms with Gasteiger partial charge in [0, 0.05) is 16.8 Å². The lowest BCUT2D eigenvalue weighted by Gasteiger charge is -2.24. The van der Waals surface area contributed by atoms with Crippen LogP contribution in [0, 0.1) is 11.8 Å². The van der Waals surface area contributed by atoms with Gasteiger partial charge in [-0.15, -0.1) is 11.8 Å². The van der Waals surface area contributed by atoms with Crippen molar-refractivity contribution in [2.45, 2.75) is 17.7 Å². The van der Waals surface area contributed by atoms with Crippen molar-refractivity contribution in [3.8, 4) is 0 Å². The van der Waals surface area contributed by atoms with Crippen molar-refractivity contribution in [2.75, 3.05) is 16.4 Å². The van der Waals surface area contributed by atoms with Gasteiger partial charge >= 0.3 is 5.97 Å². The summed E-state index contributed by atoms with van der Waals surface area (Å²) >= 11 is 1.37. The fraction of sp³-hybridized carbons (Fsp3) is 0.238. The van der Waals surface area contributed by atoms with Gasteiger partial charge in [-0.1, -0.05) is 18.2 Å². The second kappa shape index (κ2) is 9.88. The van der Waals surface area contributed by atoms with Gasteiger partial charge in [-0.25, -0.2) is 4.98 Å². The number of benzene rings is 1. The summed E-state index contributed by atoms with van der Waals surface area (Å²) in [4.78, 5) is 40.7. The van der Waals surface area contributed by atoms with Gasteiger partial charge in [0.1, 0.15) is 5.82 Å². The number of nitrogens with zero attached hydrogens (tertiary/aromatic N) is 1. The summed E-state index contributed by atoms with van der Waals surface area (Å²) in [5, 5.41) is 14.8. The molecule has 1 aliphatic rings. The molecule has 1 aromatic carbocycles. The zero-order chi connectivity index (χ0) is 20.6. The molecule has 29 heavy (non-hydrogen) atoms. The van der Waals surface area contributed by atoms with Crippen LogP contribution in [-0.2, 0) is 14.4 Å². The molecule has 0 radical (unpaired) electrons. The summed E-state index contributed by atoms with van der Waals surface area (Å²) in [5.74, 6) is -1.95. The number of rotatable bonds is 7. The molecule has 0 bridgehead atoms. The van der Waals surface area contributed by atoms with Crippen molar-refractivity contribution in [3.05, 3.63) is 60.8 Å². The molecular formula is C21H21N3O4S. The molecule has 2 atom stereocenters. The van der Waals surface area contributed by atoms with Crippen LogP contribution in [0.4, 0.5) is 11.5 Å². The Morgan fingerprint density at radius 2 is 1.72 bits per heavy atom. The normalized spacial score (nSPS) is 18.1. The molecule has 3 N–H and O–H groups in total. The lowest BCUT2D eigenvalue weighted by Crippen LogP contribution is -2.34. The van der Waals surface area contributed by atoms with Gasteiger partial charge in [0.05, 0.1) is 17.6 Å². The summed E-state index contributed by atoms with van der Waals surface area (Å²) in [5.41, 5.74) is 0.593. The number of carbonyl (C=O) groups excluding carboxylic acids is 2. The number of carboxylic acids is 1. The number of aromatic nitrogens is 1. The van der Waals surface area contributed by atoms with Gasteiger partial charge in [0.25, 0.3) is 0 Å². The van der Waals surface area contributed by atoms with E-state index in [1.807, 2.05) is 18.2 Å². The van der Waals surface area contributed by atoms with Crippen molar-refractivity contribution in [1.29, 1.82) is 0 Å². The Balaban J connectivity index is 1.50. The Morgan fingerprint density at radius 1 is 1.00 bits per heavy atom. The first-order valence-electron chi connectivity index (χ1n) is 9.15. The number of nitrogens with one attached hydrogen (secondary N) is 2. The molecule has 2 aromatic rings. The summed E-state index contributed by atoms with van der Waals surface area (Å²) < 4.78 is 0. The smallest absolute Gasteiger partial charge is 0.307 e. The minimum absolute atomic E-state index is 0.156. The molecular weight excluding hydrogens is 390 g/mol. The van der Waals surface area contributed by atoms with E-state index in [4.69, 9.17) is 0 Å². The molecule has 2 amide bonds. The third-order valence-corrected chi connectivity index (χ3v) is 5.52. The molecule has 7 nitrogen and oxygen atoms in total. The molecule has 8 heteroatoms. The monoisotopic (exact) mass is 411 g/mol. The van der Waals surface area contributed by atoms with Crippen molar-refractivity contribution in [2.24, 2.45) is 11.8 Å². The number of allylic oxidation sites excluding steroid dienone is 2. The topological polar surface area (TPSA) is 108 Å². The second-order valence-corrected chi connectivity index (χ2v) is 7.61. The van der Waals surface area contributed by atoms with Gasteiger partial charge in [0.15, 0.2) is 0 Å². The Hall–Kier alpha value is -3.13. The standard InChI is InChI=1S/C21H21N3O4S/c25-19(24-18-7-3-4-12-22-18)13-29-15-10-8-14(9-11-15)23-20(26)16-5-1-2-6-17(16)21(27)28/h1-4,7-12,16-17H,5-6,13H2,(H,23,26)(H,27,28)(H,22,24,25). The number of carbonyl (C=O) groups is 3. The minimum atomic E-state index is -0.953. The Labute approximate surface area is 172 Å². The van der Waals surface area contributed by atoms with Gasteiger partial charge in [-0.2, -0.15) is 0 Å². The predicted molar refractivity (Wildman–Crippen MR) is 112 cm³/mol. The first-order chi connectivity index (χ1) is 14.0. The number of carboxylic acid groups (broad SMARTS) is 1. The summed E-state index contributed by atoms with van der Waals surface area (Å²) in [6, 6.07) is 12.4. The summed E-state index contributed by atoms with van der Waals surface area (Å²) in [6.45, 7) is 0. The fourth-order valence-corrected chi connectivity index (χ4v) is 3.71. The van der Waals surface area contributed by atoms with Crippen LogP contribution in [0.5, 0.6) is 0 Å². The molecule has 0 spiro atoms. The third kappa shape index (κ3) is 5.92. The molecule has 1 heterocycles. The van der Waals surface area contributed by atoms with Crippen LogP contribution < -0.4 is 10.6 Å². The fourth-order valence-electron chi connectivity index (χ4n) is 3.01. The van der Waals surface area contributed by atoms with Crippen molar-refractivity contribution < 1.29 is 19.5 Å². The second-order valence-electron chi connectivity index (χ2n) is 6.56. The lowest BCUT2D eigenvalue weighted by molar-refractivity contribution is -0.146. The zero-order valence-corrected chi connectivity index (χ0v) is 16.4. The minimum Gasteiger partial charge on any atom is -0.481 e. The summed E-state index contributed by atoms with van der Waals surface area (Å²) in [7, 11) is 0. The SMILES string of the molecule is O=C(CSc1ccc(NC(=O)C2CC=CCC2C(=O)O)cc1)Nc1ccccn1. The average molecular weight is 411 g/mol. The Bertz CT molecular complexity index is 900. The lowest BCUT2D eigenvalue weighted by atomic mass is 9.82. The van der Waals surface area contributed by atoms with Crippen LogP contribution in [0.15, 0.2) is 65.7 Å². The number of aliphatic carboxylic acids is 1. The molecule has 3 rings (SSSR count). The third-order valence-electron chi connectivity index (χ3n) is 4.51. The maximum atomic E-state index is 12.5. The van der Waals surface area contributed by atoms with Gasteiger partial charge in [-0.3, -0.25) is 14.4 Å². The van der Waals surface area contributed by atoms with E-state index in [9.17, 15) is 19.5 Å². The molecule has 1 aromatic heterocycles. The Kier molecular flexibility index (Phi) is 7.02. The number of pyridine rings is 1. The molecule has 0 fully saturated rings. The predicted octanol–water partition coefficient (Wildman–Crippen LogP) is 3.42. The highest BCUT2D eigenvalue weighted by Gasteiger charge is 2.33. The van der Waals surface area contributed by atoms with E-state index in [1.165, 1.54) is 11.8 Å². The van der Waals surface area contributed by atoms with Crippen LogP contribution in [0.2, 0.25) is 0 Å². The van der Waals surface area contributed by atoms with Gasteiger partial charge in [0.2, 0.25) is 11.8 Å². The van der Waals surface area contributed by atoms with Gasteiger partial charge < -0.3 is 15.7 Å². The van der Waals surface area contributed by atoms with E-state index in [0.29, 0.717) is 24.3 Å². The highest BCUT2D eigenvalue weighted by Crippen LogP contribution is 2.28. The molecule has 0 saturated carbocycles. The molecule has 150 valence electrons. The molecule has 1 aliphatic carbocycles. The number of anilines is 2. The quantitative estimate of drug-likeness (QED) is 0.476. The van der Waals surface area contributed by atoms with Crippen molar-refractivity contribution in [3.63, 3.8) is 0 Å². The molecule has 0 saturated heterocycles. The maximum absolute atomic E-state index is 12.5. The zero-order valence-electron chi connectivity index (χ0n) is 15.6. The molecule has 2 unspecified atom stereocenters. The summed E-state index contributed by atoms with van der Waals surface area (Å²) in [6.07, 6.45) is 6.04.